The van der Waals surface area contributed by atoms with E-state index in [4.69, 9.17) is 5.11 Å². The van der Waals surface area contributed by atoms with Crippen LogP contribution in [0.25, 0.3) is 0 Å². The summed E-state index contributed by atoms with van der Waals surface area (Å²) >= 11 is 1.97. The number of carbonyl (C=O) groups is 1. The smallest absolute Gasteiger partial charge is 0.252 e. The average molecular weight is 304 g/mol. The molecular formula is C16H20N2O2S. The molecule has 0 aliphatic heterocycles. The lowest BCUT2D eigenvalue weighted by Crippen LogP contribution is -2.33. The Kier molecular flexibility index (Phi) is 6.09. The van der Waals surface area contributed by atoms with Crippen molar-refractivity contribution in [3.05, 3.63) is 29.6 Å². The summed E-state index contributed by atoms with van der Waals surface area (Å²) in [6.45, 7) is 1.94. The number of rotatable bonds is 4. The van der Waals surface area contributed by atoms with Crippen molar-refractivity contribution in [3.63, 3.8) is 0 Å². The maximum atomic E-state index is 12.4. The minimum Gasteiger partial charge on any atom is -0.384 e. The number of nitrogens with one attached hydrogen (secondary N) is 1. The SMILES string of the molecule is CCSC1CCC(NC(=O)c2ccncc2C#CCO)C1. The van der Waals surface area contributed by atoms with Gasteiger partial charge in [0.05, 0.1) is 11.1 Å². The number of hydrogen-bond acceptors (Lipinski definition) is 4. The Bertz CT molecular complexity index is 551. The summed E-state index contributed by atoms with van der Waals surface area (Å²) in [7, 11) is 0. The molecule has 0 saturated heterocycles. The first-order chi connectivity index (χ1) is 10.2. The molecule has 2 N–H and O–H groups in total. The highest BCUT2D eigenvalue weighted by Crippen LogP contribution is 2.29. The fraction of sp³-hybridized carbons (Fsp3) is 0.500. The van der Waals surface area contributed by atoms with Gasteiger partial charge in [-0.15, -0.1) is 0 Å². The number of amides is 1. The largest absolute Gasteiger partial charge is 0.384 e. The summed E-state index contributed by atoms with van der Waals surface area (Å²) in [6, 6.07) is 1.91. The number of hydrogen-bond donors (Lipinski definition) is 2. The number of pyridine rings is 1. The van der Waals surface area contributed by atoms with Crippen molar-refractivity contribution in [2.45, 2.75) is 37.5 Å². The second-order valence-electron chi connectivity index (χ2n) is 4.94. The zero-order chi connectivity index (χ0) is 15.1. The Morgan fingerprint density at radius 3 is 3.19 bits per heavy atom. The summed E-state index contributed by atoms with van der Waals surface area (Å²) in [5.74, 6) is 6.35. The van der Waals surface area contributed by atoms with E-state index in [0.29, 0.717) is 16.4 Å². The highest BCUT2D eigenvalue weighted by molar-refractivity contribution is 7.99. The van der Waals surface area contributed by atoms with Crippen LogP contribution in [0.15, 0.2) is 18.5 Å². The summed E-state index contributed by atoms with van der Waals surface area (Å²) in [5, 5.41) is 12.5. The van der Waals surface area contributed by atoms with E-state index < -0.39 is 0 Å². The van der Waals surface area contributed by atoms with Crippen LogP contribution in [-0.4, -0.2) is 39.6 Å². The third-order valence-corrected chi connectivity index (χ3v) is 4.72. The van der Waals surface area contributed by atoms with Crippen molar-refractivity contribution < 1.29 is 9.90 Å². The van der Waals surface area contributed by atoms with Crippen LogP contribution < -0.4 is 5.32 Å². The van der Waals surface area contributed by atoms with Gasteiger partial charge in [0.25, 0.3) is 5.91 Å². The molecule has 1 aromatic rings. The second kappa shape index (κ2) is 8.06. The van der Waals surface area contributed by atoms with Gasteiger partial charge in [0.2, 0.25) is 0 Å². The molecule has 0 aromatic carbocycles. The summed E-state index contributed by atoms with van der Waals surface area (Å²) < 4.78 is 0. The Morgan fingerprint density at radius 2 is 2.43 bits per heavy atom. The molecule has 2 rings (SSSR count). The molecule has 1 aromatic heterocycles. The van der Waals surface area contributed by atoms with Gasteiger partial charge in [0.15, 0.2) is 0 Å². The maximum Gasteiger partial charge on any atom is 0.252 e. The molecule has 0 radical (unpaired) electrons. The van der Waals surface area contributed by atoms with Gasteiger partial charge in [-0.2, -0.15) is 11.8 Å². The maximum absolute atomic E-state index is 12.4. The Morgan fingerprint density at radius 1 is 1.57 bits per heavy atom. The van der Waals surface area contributed by atoms with E-state index in [1.807, 2.05) is 11.8 Å². The van der Waals surface area contributed by atoms with E-state index in [1.165, 1.54) is 0 Å². The Balaban J connectivity index is 2.01. The second-order valence-corrected chi connectivity index (χ2v) is 6.52. The van der Waals surface area contributed by atoms with Crippen molar-refractivity contribution >= 4 is 17.7 Å². The van der Waals surface area contributed by atoms with Crippen LogP contribution in [0.5, 0.6) is 0 Å². The Hall–Kier alpha value is -1.51. The molecular weight excluding hydrogens is 284 g/mol. The van der Waals surface area contributed by atoms with Gasteiger partial charge < -0.3 is 10.4 Å². The van der Waals surface area contributed by atoms with Crippen LogP contribution in [0.2, 0.25) is 0 Å². The van der Waals surface area contributed by atoms with Crippen LogP contribution in [0.4, 0.5) is 0 Å². The molecule has 0 bridgehead atoms. The number of aliphatic hydroxyl groups is 1. The third-order valence-electron chi connectivity index (χ3n) is 3.49. The lowest BCUT2D eigenvalue weighted by atomic mass is 10.1. The standard InChI is InChI=1S/C16H20N2O2S/c1-2-21-14-6-5-13(10-14)18-16(20)15-7-8-17-11-12(15)4-3-9-19/h7-8,11,13-14,19H,2,5-6,9-10H2,1H3,(H,18,20). The molecule has 4 nitrogen and oxygen atoms in total. The van der Waals surface area contributed by atoms with Gasteiger partial charge in [0.1, 0.15) is 6.61 Å². The molecule has 0 spiro atoms. The zero-order valence-electron chi connectivity index (χ0n) is 12.1. The van der Waals surface area contributed by atoms with E-state index in [0.717, 1.165) is 25.0 Å². The molecule has 5 heteroatoms. The fourth-order valence-electron chi connectivity index (χ4n) is 2.55. The molecule has 1 aliphatic rings. The molecule has 1 aliphatic carbocycles. The third kappa shape index (κ3) is 4.48. The number of aromatic nitrogens is 1. The molecule has 1 amide bonds. The van der Waals surface area contributed by atoms with Crippen molar-refractivity contribution in [2.24, 2.45) is 0 Å². The van der Waals surface area contributed by atoms with Crippen molar-refractivity contribution in [1.82, 2.24) is 10.3 Å². The molecule has 112 valence electrons. The quantitative estimate of drug-likeness (QED) is 0.833. The van der Waals surface area contributed by atoms with Gasteiger partial charge in [-0.1, -0.05) is 18.8 Å². The Labute approximate surface area is 129 Å². The summed E-state index contributed by atoms with van der Waals surface area (Å²) in [6.07, 6.45) is 6.38. The monoisotopic (exact) mass is 304 g/mol. The van der Waals surface area contributed by atoms with Crippen LogP contribution in [0.3, 0.4) is 0 Å². The molecule has 21 heavy (non-hydrogen) atoms. The first kappa shape index (κ1) is 15.9. The van der Waals surface area contributed by atoms with E-state index >= 15 is 0 Å². The predicted octanol–water partition coefficient (Wildman–Crippen LogP) is 1.83. The van der Waals surface area contributed by atoms with Crippen LogP contribution in [-0.2, 0) is 0 Å². The van der Waals surface area contributed by atoms with Gasteiger partial charge in [-0.05, 0) is 31.1 Å². The van der Waals surface area contributed by atoms with Crippen LogP contribution in [0, 0.1) is 11.8 Å². The lowest BCUT2D eigenvalue weighted by molar-refractivity contribution is 0.0937. The van der Waals surface area contributed by atoms with Gasteiger partial charge in [-0.3, -0.25) is 9.78 Å². The van der Waals surface area contributed by atoms with E-state index in [1.54, 1.807) is 18.5 Å². The number of nitrogens with zero attached hydrogens (tertiary/aromatic N) is 1. The molecule has 2 unspecified atom stereocenters. The highest BCUT2D eigenvalue weighted by Gasteiger charge is 2.26. The first-order valence-corrected chi connectivity index (χ1v) is 8.25. The van der Waals surface area contributed by atoms with Crippen molar-refractivity contribution in [3.8, 4) is 11.8 Å². The van der Waals surface area contributed by atoms with Crippen LogP contribution in [0.1, 0.15) is 42.1 Å². The summed E-state index contributed by atoms with van der Waals surface area (Å²) in [5.41, 5.74) is 1.08. The molecule has 1 heterocycles. The minimum absolute atomic E-state index is 0.105. The fourth-order valence-corrected chi connectivity index (χ4v) is 3.69. The predicted molar refractivity (Wildman–Crippen MR) is 85.2 cm³/mol. The first-order valence-electron chi connectivity index (χ1n) is 7.20. The lowest BCUT2D eigenvalue weighted by Gasteiger charge is -2.13. The van der Waals surface area contributed by atoms with E-state index in [2.05, 4.69) is 29.1 Å². The normalized spacial score (nSPS) is 20.7. The average Bonchev–Trinajstić information content (AvgIpc) is 2.93. The van der Waals surface area contributed by atoms with Crippen molar-refractivity contribution in [2.75, 3.05) is 12.4 Å². The molecule has 1 fully saturated rings. The number of thioether (sulfide) groups is 1. The van der Waals surface area contributed by atoms with E-state index in [9.17, 15) is 4.79 Å². The highest BCUT2D eigenvalue weighted by atomic mass is 32.2. The van der Waals surface area contributed by atoms with Gasteiger partial charge >= 0.3 is 0 Å². The number of aliphatic hydroxyl groups excluding tert-OH is 1. The van der Waals surface area contributed by atoms with Gasteiger partial charge in [-0.25, -0.2) is 0 Å². The van der Waals surface area contributed by atoms with Crippen molar-refractivity contribution in [1.29, 1.82) is 0 Å². The summed E-state index contributed by atoms with van der Waals surface area (Å²) in [4.78, 5) is 16.4. The molecule has 1 saturated carbocycles. The topological polar surface area (TPSA) is 62.2 Å². The van der Waals surface area contributed by atoms with Crippen LogP contribution >= 0.6 is 11.8 Å². The number of carbonyl (C=O) groups excluding carboxylic acids is 1. The minimum atomic E-state index is -0.228. The zero-order valence-corrected chi connectivity index (χ0v) is 12.9. The van der Waals surface area contributed by atoms with Gasteiger partial charge in [0, 0.05) is 23.7 Å². The molecule has 2 atom stereocenters. The van der Waals surface area contributed by atoms with E-state index in [-0.39, 0.29) is 18.6 Å².